The molecule has 0 saturated heterocycles. The van der Waals surface area contributed by atoms with Gasteiger partial charge >= 0.3 is 0 Å². The second-order valence-electron chi connectivity index (χ2n) is 7.73. The molecule has 1 aliphatic heterocycles. The Morgan fingerprint density at radius 2 is 2.15 bits per heavy atom. The van der Waals surface area contributed by atoms with Crippen molar-refractivity contribution in [2.45, 2.75) is 77.5 Å². The molecule has 0 atom stereocenters. The van der Waals surface area contributed by atoms with Crippen molar-refractivity contribution in [3.05, 3.63) is 29.1 Å². The van der Waals surface area contributed by atoms with Gasteiger partial charge < -0.3 is 5.32 Å². The van der Waals surface area contributed by atoms with Crippen LogP contribution in [0.5, 0.6) is 0 Å². The van der Waals surface area contributed by atoms with Gasteiger partial charge in [0.25, 0.3) is 0 Å². The minimum atomic E-state index is 0.00672. The summed E-state index contributed by atoms with van der Waals surface area (Å²) in [6, 6.07) is 2.89. The normalized spacial score (nSPS) is 18.4. The molecule has 2 aromatic heterocycles. The SMILES string of the molecule is Cc1nc(CCC(=O)NCc2cc3n(n2)CCN(C2CCCCC2)C3)n[nH]1. The number of rotatable bonds is 6. The van der Waals surface area contributed by atoms with Gasteiger partial charge in [-0.3, -0.25) is 19.5 Å². The molecule has 0 aromatic carbocycles. The first-order chi connectivity index (χ1) is 13.2. The van der Waals surface area contributed by atoms with Crippen LogP contribution in [0.1, 0.15) is 61.6 Å². The van der Waals surface area contributed by atoms with Crippen molar-refractivity contribution in [3.63, 3.8) is 0 Å². The molecule has 2 aromatic rings. The van der Waals surface area contributed by atoms with Crippen LogP contribution in [-0.2, 0) is 30.8 Å². The van der Waals surface area contributed by atoms with Crippen LogP contribution < -0.4 is 5.32 Å². The zero-order valence-electron chi connectivity index (χ0n) is 16.1. The second kappa shape index (κ2) is 8.21. The Labute approximate surface area is 159 Å². The first kappa shape index (κ1) is 18.2. The summed E-state index contributed by atoms with van der Waals surface area (Å²) in [5, 5.41) is 14.5. The van der Waals surface area contributed by atoms with Crippen molar-refractivity contribution < 1.29 is 4.79 Å². The van der Waals surface area contributed by atoms with Gasteiger partial charge in [0.2, 0.25) is 5.91 Å². The van der Waals surface area contributed by atoms with Gasteiger partial charge in [0.1, 0.15) is 5.82 Å². The summed E-state index contributed by atoms with van der Waals surface area (Å²) in [7, 11) is 0. The lowest BCUT2D eigenvalue weighted by Gasteiger charge is -2.36. The Bertz CT molecular complexity index is 775. The Hall–Kier alpha value is -2.22. The maximum absolute atomic E-state index is 12.1. The first-order valence-corrected chi connectivity index (χ1v) is 10.1. The molecule has 0 unspecified atom stereocenters. The monoisotopic (exact) mass is 371 g/mol. The summed E-state index contributed by atoms with van der Waals surface area (Å²) in [6.07, 6.45) is 7.73. The van der Waals surface area contributed by atoms with Gasteiger partial charge in [-0.25, -0.2) is 4.98 Å². The van der Waals surface area contributed by atoms with Gasteiger partial charge in [0.15, 0.2) is 5.82 Å². The van der Waals surface area contributed by atoms with Gasteiger partial charge in [-0.2, -0.15) is 10.2 Å². The number of fused-ring (bicyclic) bond motifs is 1. The first-order valence-electron chi connectivity index (χ1n) is 10.1. The van der Waals surface area contributed by atoms with E-state index in [-0.39, 0.29) is 5.91 Å². The average Bonchev–Trinajstić information content (AvgIpc) is 3.30. The predicted molar refractivity (Wildman–Crippen MR) is 101 cm³/mol. The number of carbonyl (C=O) groups excluding carboxylic acids is 1. The van der Waals surface area contributed by atoms with Gasteiger partial charge in [0.05, 0.1) is 24.5 Å². The van der Waals surface area contributed by atoms with Crippen molar-refractivity contribution in [2.75, 3.05) is 6.54 Å². The van der Waals surface area contributed by atoms with Crippen LogP contribution in [0.2, 0.25) is 0 Å². The molecule has 1 amide bonds. The van der Waals surface area contributed by atoms with Crippen molar-refractivity contribution >= 4 is 5.91 Å². The van der Waals surface area contributed by atoms with E-state index >= 15 is 0 Å². The fourth-order valence-electron chi connectivity index (χ4n) is 4.19. The van der Waals surface area contributed by atoms with Crippen LogP contribution in [-0.4, -0.2) is 48.4 Å². The number of nitrogens with one attached hydrogen (secondary N) is 2. The molecule has 4 rings (SSSR count). The molecule has 0 spiro atoms. The lowest BCUT2D eigenvalue weighted by atomic mass is 9.94. The van der Waals surface area contributed by atoms with E-state index in [9.17, 15) is 4.79 Å². The van der Waals surface area contributed by atoms with Crippen LogP contribution in [0.4, 0.5) is 0 Å². The Morgan fingerprint density at radius 1 is 1.30 bits per heavy atom. The number of aromatic nitrogens is 5. The molecule has 1 aliphatic carbocycles. The van der Waals surface area contributed by atoms with E-state index in [1.807, 2.05) is 6.92 Å². The highest BCUT2D eigenvalue weighted by atomic mass is 16.1. The average molecular weight is 371 g/mol. The molecule has 146 valence electrons. The summed E-state index contributed by atoms with van der Waals surface area (Å²) in [6.45, 7) is 5.35. The van der Waals surface area contributed by atoms with Crippen LogP contribution in [0.15, 0.2) is 6.07 Å². The standard InChI is InChI=1S/C19H29N7O/c1-14-21-18(23-22-14)7-8-19(27)20-12-15-11-17-13-25(9-10-26(17)24-15)16-5-3-2-4-6-16/h11,16H,2-10,12-13H2,1H3,(H,20,27)(H,21,22,23). The summed E-state index contributed by atoms with van der Waals surface area (Å²) >= 11 is 0. The van der Waals surface area contributed by atoms with E-state index in [0.717, 1.165) is 37.2 Å². The maximum Gasteiger partial charge on any atom is 0.220 e. The van der Waals surface area contributed by atoms with Gasteiger partial charge in [-0.1, -0.05) is 19.3 Å². The number of aromatic amines is 1. The highest BCUT2D eigenvalue weighted by molar-refractivity contribution is 5.75. The lowest BCUT2D eigenvalue weighted by molar-refractivity contribution is -0.121. The van der Waals surface area contributed by atoms with E-state index in [2.05, 4.69) is 41.2 Å². The third kappa shape index (κ3) is 4.55. The maximum atomic E-state index is 12.1. The van der Waals surface area contributed by atoms with E-state index in [1.165, 1.54) is 37.8 Å². The molecule has 0 bridgehead atoms. The minimum absolute atomic E-state index is 0.00672. The molecule has 2 N–H and O–H groups in total. The molecule has 1 saturated carbocycles. The number of H-pyrrole nitrogens is 1. The van der Waals surface area contributed by atoms with Gasteiger partial charge in [-0.05, 0) is 25.8 Å². The van der Waals surface area contributed by atoms with Crippen molar-refractivity contribution in [3.8, 4) is 0 Å². The third-order valence-corrected chi connectivity index (χ3v) is 5.65. The zero-order valence-corrected chi connectivity index (χ0v) is 16.1. The number of hydrogen-bond donors (Lipinski definition) is 2. The number of hydrogen-bond acceptors (Lipinski definition) is 5. The molecular weight excluding hydrogens is 342 g/mol. The fourth-order valence-corrected chi connectivity index (χ4v) is 4.19. The quantitative estimate of drug-likeness (QED) is 0.806. The van der Waals surface area contributed by atoms with Crippen molar-refractivity contribution in [1.82, 2.24) is 35.2 Å². The van der Waals surface area contributed by atoms with Crippen molar-refractivity contribution in [2.24, 2.45) is 0 Å². The highest BCUT2D eigenvalue weighted by Gasteiger charge is 2.25. The smallest absolute Gasteiger partial charge is 0.220 e. The predicted octanol–water partition coefficient (Wildman–Crippen LogP) is 1.71. The zero-order chi connectivity index (χ0) is 18.6. The molecule has 8 heteroatoms. The fraction of sp³-hybridized carbons (Fsp3) is 0.684. The van der Waals surface area contributed by atoms with Crippen LogP contribution in [0.25, 0.3) is 0 Å². The summed E-state index contributed by atoms with van der Waals surface area (Å²) < 4.78 is 2.11. The second-order valence-corrected chi connectivity index (χ2v) is 7.73. The molecule has 1 fully saturated rings. The summed E-state index contributed by atoms with van der Waals surface area (Å²) in [5.74, 6) is 1.46. The number of aryl methyl sites for hydroxylation is 2. The van der Waals surface area contributed by atoms with Crippen molar-refractivity contribution in [1.29, 1.82) is 0 Å². The van der Waals surface area contributed by atoms with Crippen LogP contribution >= 0.6 is 0 Å². The molecule has 27 heavy (non-hydrogen) atoms. The lowest BCUT2D eigenvalue weighted by Crippen LogP contribution is -2.42. The summed E-state index contributed by atoms with van der Waals surface area (Å²) in [5.41, 5.74) is 2.21. The molecular formula is C19H29N7O. The number of carbonyl (C=O) groups is 1. The Morgan fingerprint density at radius 3 is 2.93 bits per heavy atom. The van der Waals surface area contributed by atoms with E-state index in [4.69, 9.17) is 0 Å². The molecule has 0 radical (unpaired) electrons. The topological polar surface area (TPSA) is 91.7 Å². The number of amides is 1. The third-order valence-electron chi connectivity index (χ3n) is 5.65. The number of nitrogens with zero attached hydrogens (tertiary/aromatic N) is 5. The van der Waals surface area contributed by atoms with Gasteiger partial charge in [0, 0.05) is 32.0 Å². The molecule has 2 aliphatic rings. The van der Waals surface area contributed by atoms with Crippen LogP contribution in [0.3, 0.4) is 0 Å². The molecule has 8 nitrogen and oxygen atoms in total. The van der Waals surface area contributed by atoms with Gasteiger partial charge in [-0.15, -0.1) is 0 Å². The highest BCUT2D eigenvalue weighted by Crippen LogP contribution is 2.26. The Kier molecular flexibility index (Phi) is 5.52. The molecule has 3 heterocycles. The largest absolute Gasteiger partial charge is 0.350 e. The van der Waals surface area contributed by atoms with Crippen LogP contribution in [0, 0.1) is 6.92 Å². The summed E-state index contributed by atoms with van der Waals surface area (Å²) in [4.78, 5) is 18.9. The van der Waals surface area contributed by atoms with E-state index in [0.29, 0.717) is 25.2 Å². The van der Waals surface area contributed by atoms with E-state index < -0.39 is 0 Å². The van der Waals surface area contributed by atoms with E-state index in [1.54, 1.807) is 0 Å². The Balaban J connectivity index is 1.26. The minimum Gasteiger partial charge on any atom is -0.350 e.